The van der Waals surface area contributed by atoms with Gasteiger partial charge in [-0.3, -0.25) is 14.6 Å². The molecule has 1 saturated carbocycles. The number of halogens is 1. The summed E-state index contributed by atoms with van der Waals surface area (Å²) in [5.74, 6) is 1.21. The zero-order valence-corrected chi connectivity index (χ0v) is 17.4. The lowest BCUT2D eigenvalue weighted by molar-refractivity contribution is -0.127. The first-order valence-electron chi connectivity index (χ1n) is 10.6. The Balaban J connectivity index is 1.49. The van der Waals surface area contributed by atoms with Crippen LogP contribution < -0.4 is 10.1 Å². The summed E-state index contributed by atoms with van der Waals surface area (Å²) < 4.78 is 18.9. The summed E-state index contributed by atoms with van der Waals surface area (Å²) in [5, 5.41) is 3.29. The van der Waals surface area contributed by atoms with Crippen LogP contribution in [0.25, 0.3) is 0 Å². The van der Waals surface area contributed by atoms with Gasteiger partial charge < -0.3 is 10.1 Å². The molecule has 1 aliphatic carbocycles. The molecule has 1 aliphatic heterocycles. The molecule has 1 aromatic carbocycles. The molecule has 0 aromatic heterocycles. The van der Waals surface area contributed by atoms with Gasteiger partial charge in [-0.05, 0) is 43.9 Å². The number of rotatable bonds is 6. The fourth-order valence-electron chi connectivity index (χ4n) is 4.42. The molecule has 156 valence electrons. The van der Waals surface area contributed by atoms with Gasteiger partial charge in [0.1, 0.15) is 11.6 Å². The number of nitrogens with zero attached hydrogens (tertiary/aromatic N) is 2. The maximum Gasteiger partial charge on any atom is 0.237 e. The molecule has 1 amide bonds. The Hall–Kier alpha value is -1.66. The molecule has 5 nitrogen and oxygen atoms in total. The van der Waals surface area contributed by atoms with Crippen LogP contribution in [0.5, 0.6) is 5.75 Å². The standard InChI is InChI=1S/C22H34FN3O2/c1-16-6-4-5-7-20(16)24-22(27)17(2)26-12-10-25(11-13-26)15-18-14-19(23)8-9-21(18)28-3/h8-9,14,16-17,20H,4-7,10-13,15H2,1-3H3,(H,24,27)/t16-,17-,20-/m1/s1. The lowest BCUT2D eigenvalue weighted by Gasteiger charge is -2.38. The van der Waals surface area contributed by atoms with Crippen molar-refractivity contribution in [3.8, 4) is 5.75 Å². The first kappa shape index (κ1) is 21.1. The van der Waals surface area contributed by atoms with E-state index in [1.54, 1.807) is 19.2 Å². The minimum Gasteiger partial charge on any atom is -0.496 e. The molecule has 1 saturated heterocycles. The van der Waals surface area contributed by atoms with E-state index in [0.29, 0.717) is 18.5 Å². The Kier molecular flexibility index (Phi) is 7.30. The number of hydrogen-bond acceptors (Lipinski definition) is 4. The van der Waals surface area contributed by atoms with Crippen LogP contribution in [0.1, 0.15) is 45.1 Å². The van der Waals surface area contributed by atoms with E-state index >= 15 is 0 Å². The van der Waals surface area contributed by atoms with Crippen LogP contribution in [0.4, 0.5) is 4.39 Å². The summed E-state index contributed by atoms with van der Waals surface area (Å²) in [4.78, 5) is 17.3. The molecule has 3 rings (SSSR count). The van der Waals surface area contributed by atoms with Gasteiger partial charge in [0.2, 0.25) is 5.91 Å². The smallest absolute Gasteiger partial charge is 0.237 e. The third kappa shape index (κ3) is 5.23. The summed E-state index contributed by atoms with van der Waals surface area (Å²) in [5.41, 5.74) is 0.869. The van der Waals surface area contributed by atoms with E-state index in [-0.39, 0.29) is 17.8 Å². The van der Waals surface area contributed by atoms with Crippen molar-refractivity contribution in [3.63, 3.8) is 0 Å². The SMILES string of the molecule is COc1ccc(F)cc1CN1CCN([C@H](C)C(=O)N[C@@H]2CCCC[C@H]2C)CC1. The number of hydrogen-bond donors (Lipinski definition) is 1. The number of nitrogens with one attached hydrogen (secondary N) is 1. The van der Waals surface area contributed by atoms with E-state index < -0.39 is 0 Å². The van der Waals surface area contributed by atoms with Crippen molar-refractivity contribution in [2.45, 2.75) is 58.2 Å². The third-order valence-corrected chi connectivity index (χ3v) is 6.41. The van der Waals surface area contributed by atoms with E-state index in [4.69, 9.17) is 4.74 Å². The number of ether oxygens (including phenoxy) is 1. The van der Waals surface area contributed by atoms with Gasteiger partial charge in [0, 0.05) is 44.3 Å². The predicted octanol–water partition coefficient (Wildman–Crippen LogP) is 3.04. The average Bonchev–Trinajstić information content (AvgIpc) is 2.70. The molecule has 0 spiro atoms. The van der Waals surface area contributed by atoms with Crippen molar-refractivity contribution in [2.75, 3.05) is 33.3 Å². The number of methoxy groups -OCH3 is 1. The van der Waals surface area contributed by atoms with E-state index in [9.17, 15) is 9.18 Å². The quantitative estimate of drug-likeness (QED) is 0.810. The van der Waals surface area contributed by atoms with Gasteiger partial charge in [-0.15, -0.1) is 0 Å². The largest absolute Gasteiger partial charge is 0.496 e. The van der Waals surface area contributed by atoms with Gasteiger partial charge in [-0.2, -0.15) is 0 Å². The molecule has 1 aromatic rings. The van der Waals surface area contributed by atoms with Crippen molar-refractivity contribution in [1.29, 1.82) is 0 Å². The molecule has 2 aliphatic rings. The van der Waals surface area contributed by atoms with E-state index in [0.717, 1.165) is 43.9 Å². The Morgan fingerprint density at radius 2 is 1.96 bits per heavy atom. The molecule has 0 radical (unpaired) electrons. The van der Waals surface area contributed by atoms with Gasteiger partial charge in [-0.25, -0.2) is 4.39 Å². The lowest BCUT2D eigenvalue weighted by Crippen LogP contribution is -2.55. The van der Waals surface area contributed by atoms with E-state index in [1.807, 2.05) is 6.92 Å². The molecule has 6 heteroatoms. The predicted molar refractivity (Wildman–Crippen MR) is 109 cm³/mol. The molecule has 28 heavy (non-hydrogen) atoms. The first-order valence-corrected chi connectivity index (χ1v) is 10.6. The summed E-state index contributed by atoms with van der Waals surface area (Å²) in [7, 11) is 1.61. The zero-order valence-electron chi connectivity index (χ0n) is 17.4. The van der Waals surface area contributed by atoms with Crippen LogP contribution >= 0.6 is 0 Å². The van der Waals surface area contributed by atoms with Gasteiger partial charge in [0.05, 0.1) is 13.2 Å². The van der Waals surface area contributed by atoms with Crippen molar-refractivity contribution in [3.05, 3.63) is 29.6 Å². The van der Waals surface area contributed by atoms with Crippen molar-refractivity contribution in [2.24, 2.45) is 5.92 Å². The Bertz CT molecular complexity index is 661. The highest BCUT2D eigenvalue weighted by molar-refractivity contribution is 5.81. The second kappa shape index (κ2) is 9.70. The third-order valence-electron chi connectivity index (χ3n) is 6.41. The van der Waals surface area contributed by atoms with Crippen LogP contribution in [0.3, 0.4) is 0 Å². The van der Waals surface area contributed by atoms with Gasteiger partial charge >= 0.3 is 0 Å². The maximum absolute atomic E-state index is 13.6. The molecule has 1 heterocycles. The Labute approximate surface area is 168 Å². The molecule has 2 fully saturated rings. The van der Waals surface area contributed by atoms with Gasteiger partial charge in [0.15, 0.2) is 0 Å². The normalized spacial score (nSPS) is 25.3. The minimum atomic E-state index is -0.239. The lowest BCUT2D eigenvalue weighted by atomic mass is 9.86. The summed E-state index contributed by atoms with van der Waals surface area (Å²) in [6.45, 7) is 8.31. The topological polar surface area (TPSA) is 44.8 Å². The molecular formula is C22H34FN3O2. The fourth-order valence-corrected chi connectivity index (χ4v) is 4.42. The molecule has 3 atom stereocenters. The number of benzene rings is 1. The average molecular weight is 392 g/mol. The Morgan fingerprint density at radius 3 is 2.64 bits per heavy atom. The first-order chi connectivity index (χ1) is 13.5. The second-order valence-electron chi connectivity index (χ2n) is 8.32. The van der Waals surface area contributed by atoms with Crippen LogP contribution in [0, 0.1) is 11.7 Å². The summed E-state index contributed by atoms with van der Waals surface area (Å²) >= 11 is 0. The van der Waals surface area contributed by atoms with Crippen molar-refractivity contribution in [1.82, 2.24) is 15.1 Å². The highest BCUT2D eigenvalue weighted by Crippen LogP contribution is 2.24. The van der Waals surface area contributed by atoms with Gasteiger partial charge in [0.25, 0.3) is 0 Å². The van der Waals surface area contributed by atoms with Crippen LogP contribution in [0.15, 0.2) is 18.2 Å². The maximum atomic E-state index is 13.6. The number of carbonyl (C=O) groups excluding carboxylic acids is 1. The monoisotopic (exact) mass is 391 g/mol. The molecular weight excluding hydrogens is 357 g/mol. The summed E-state index contributed by atoms with van der Waals surface area (Å²) in [6.07, 6.45) is 4.80. The summed E-state index contributed by atoms with van der Waals surface area (Å²) in [6, 6.07) is 4.87. The van der Waals surface area contributed by atoms with Crippen LogP contribution in [-0.4, -0.2) is 61.1 Å². The van der Waals surface area contributed by atoms with Crippen LogP contribution in [0.2, 0.25) is 0 Å². The van der Waals surface area contributed by atoms with Crippen molar-refractivity contribution < 1.29 is 13.9 Å². The molecule has 0 unspecified atom stereocenters. The fraction of sp³-hybridized carbons (Fsp3) is 0.682. The molecule has 0 bridgehead atoms. The molecule has 1 N–H and O–H groups in total. The number of amides is 1. The van der Waals surface area contributed by atoms with Crippen LogP contribution in [-0.2, 0) is 11.3 Å². The highest BCUT2D eigenvalue weighted by Gasteiger charge is 2.29. The minimum absolute atomic E-state index is 0.111. The highest BCUT2D eigenvalue weighted by atomic mass is 19.1. The second-order valence-corrected chi connectivity index (χ2v) is 8.32. The van der Waals surface area contributed by atoms with Crippen molar-refractivity contribution >= 4 is 5.91 Å². The Morgan fingerprint density at radius 1 is 1.25 bits per heavy atom. The van der Waals surface area contributed by atoms with Gasteiger partial charge in [-0.1, -0.05) is 19.8 Å². The van der Waals surface area contributed by atoms with E-state index in [2.05, 4.69) is 22.0 Å². The number of carbonyl (C=O) groups is 1. The van der Waals surface area contributed by atoms with E-state index in [1.165, 1.54) is 25.3 Å². The number of piperazine rings is 1. The zero-order chi connectivity index (χ0) is 20.1.